The molecule has 44 heavy (non-hydrogen) atoms. The Morgan fingerprint density at radius 2 is 1.98 bits per heavy atom. The molecule has 4 aromatic rings. The van der Waals surface area contributed by atoms with Crippen LogP contribution in [0.2, 0.25) is 5.02 Å². The van der Waals surface area contributed by atoms with Gasteiger partial charge in [-0.25, -0.2) is 0 Å². The van der Waals surface area contributed by atoms with Crippen molar-refractivity contribution in [3.05, 3.63) is 87.2 Å². The Kier molecular flexibility index (Phi) is 6.76. The number of aromatic nitrogens is 2. The van der Waals surface area contributed by atoms with E-state index in [2.05, 4.69) is 70.7 Å². The van der Waals surface area contributed by atoms with Crippen molar-refractivity contribution in [2.24, 2.45) is 18.4 Å². The van der Waals surface area contributed by atoms with Crippen LogP contribution < -0.4 is 27.2 Å². The van der Waals surface area contributed by atoms with Gasteiger partial charge in [0.05, 0.1) is 39.1 Å². The molecule has 0 spiro atoms. The molecule has 9 nitrogen and oxygen atoms in total. The summed E-state index contributed by atoms with van der Waals surface area (Å²) in [7, 11) is 1.77. The Bertz CT molecular complexity index is 1930. The van der Waals surface area contributed by atoms with E-state index in [1.54, 1.807) is 17.8 Å². The van der Waals surface area contributed by atoms with Gasteiger partial charge < -0.3 is 20.6 Å². The fraction of sp³-hybridized carbons (Fsp3) is 0.382. The molecule has 1 atom stereocenters. The molecule has 1 aliphatic heterocycles. The molecule has 0 bridgehead atoms. The molecule has 2 aromatic carbocycles. The topological polar surface area (TPSA) is 110 Å². The minimum atomic E-state index is -0.343. The summed E-state index contributed by atoms with van der Waals surface area (Å²) in [6, 6.07) is 13.7. The van der Waals surface area contributed by atoms with Gasteiger partial charge in [0.2, 0.25) is 0 Å². The summed E-state index contributed by atoms with van der Waals surface area (Å²) in [5.74, 6) is 0.722. The minimum absolute atomic E-state index is 0.00261. The van der Waals surface area contributed by atoms with E-state index in [9.17, 15) is 10.1 Å². The number of hydrogen-bond acceptors (Lipinski definition) is 8. The molecule has 226 valence electrons. The van der Waals surface area contributed by atoms with Crippen molar-refractivity contribution in [2.45, 2.75) is 58.0 Å². The van der Waals surface area contributed by atoms with E-state index in [0.717, 1.165) is 33.6 Å². The van der Waals surface area contributed by atoms with Gasteiger partial charge in [0.25, 0.3) is 5.56 Å². The SMILES string of the molecule is Cn1ccc2c([C@H](Nc3cc(Cl)c4ncc(C#N)c(NCC(C)(C)C)c4c3)C3=CN(C4(C5CC5)CC4)NN3)cccc2c1=O. The van der Waals surface area contributed by atoms with Crippen LogP contribution in [-0.2, 0) is 7.05 Å². The molecule has 2 saturated carbocycles. The molecular weight excluding hydrogens is 572 g/mol. The van der Waals surface area contributed by atoms with Crippen LogP contribution in [0.25, 0.3) is 21.7 Å². The number of nitrogens with zero attached hydrogens (tertiary/aromatic N) is 4. The van der Waals surface area contributed by atoms with Gasteiger partial charge in [0.1, 0.15) is 6.07 Å². The maximum atomic E-state index is 13.1. The van der Waals surface area contributed by atoms with Gasteiger partial charge in [0, 0.05) is 48.6 Å². The van der Waals surface area contributed by atoms with Crippen LogP contribution in [0.15, 0.2) is 65.5 Å². The second kappa shape index (κ2) is 10.4. The highest BCUT2D eigenvalue weighted by molar-refractivity contribution is 6.35. The molecule has 4 N–H and O–H groups in total. The van der Waals surface area contributed by atoms with Gasteiger partial charge in [-0.1, -0.05) is 44.5 Å². The summed E-state index contributed by atoms with van der Waals surface area (Å²) in [5, 5.41) is 22.2. The predicted molar refractivity (Wildman–Crippen MR) is 176 cm³/mol. The van der Waals surface area contributed by atoms with E-state index in [0.29, 0.717) is 33.7 Å². The first-order chi connectivity index (χ1) is 21.1. The number of halogens is 1. The Morgan fingerprint density at radius 1 is 1.18 bits per heavy atom. The molecule has 0 saturated heterocycles. The van der Waals surface area contributed by atoms with Gasteiger partial charge >= 0.3 is 0 Å². The number of nitrogens with one attached hydrogen (secondary N) is 4. The van der Waals surface area contributed by atoms with Gasteiger partial charge in [-0.2, -0.15) is 5.26 Å². The van der Waals surface area contributed by atoms with Crippen molar-refractivity contribution in [3.8, 4) is 6.07 Å². The molecule has 7 rings (SSSR count). The Morgan fingerprint density at radius 3 is 2.68 bits per heavy atom. The Hall–Kier alpha value is -4.26. The lowest BCUT2D eigenvalue weighted by Gasteiger charge is -2.26. The largest absolute Gasteiger partial charge is 0.383 e. The smallest absolute Gasteiger partial charge is 0.258 e. The molecule has 0 radical (unpaired) electrons. The van der Waals surface area contributed by atoms with Crippen LogP contribution in [0.4, 0.5) is 11.4 Å². The molecule has 2 aromatic heterocycles. The van der Waals surface area contributed by atoms with Gasteiger partial charge in [-0.15, -0.1) is 5.53 Å². The third-order valence-corrected chi connectivity index (χ3v) is 9.39. The van der Waals surface area contributed by atoms with Crippen molar-refractivity contribution < 1.29 is 0 Å². The number of nitriles is 1. The summed E-state index contributed by atoms with van der Waals surface area (Å²) in [5.41, 5.74) is 11.5. The highest BCUT2D eigenvalue weighted by Gasteiger charge is 2.58. The molecule has 3 aliphatic rings. The van der Waals surface area contributed by atoms with E-state index < -0.39 is 0 Å². The van der Waals surface area contributed by atoms with Crippen molar-refractivity contribution in [3.63, 3.8) is 0 Å². The third kappa shape index (κ3) is 5.02. The number of benzene rings is 2. The monoisotopic (exact) mass is 608 g/mol. The number of anilines is 2. The van der Waals surface area contributed by atoms with Crippen LogP contribution in [-0.4, -0.2) is 26.6 Å². The quantitative estimate of drug-likeness (QED) is 0.184. The van der Waals surface area contributed by atoms with Crippen molar-refractivity contribution in [2.75, 3.05) is 17.2 Å². The molecule has 2 fully saturated rings. The first-order valence-corrected chi connectivity index (χ1v) is 15.6. The maximum Gasteiger partial charge on any atom is 0.258 e. The van der Waals surface area contributed by atoms with E-state index in [-0.39, 0.29) is 22.6 Å². The van der Waals surface area contributed by atoms with Gasteiger partial charge in [-0.3, -0.25) is 14.8 Å². The van der Waals surface area contributed by atoms with E-state index in [1.165, 1.54) is 25.7 Å². The number of aryl methyl sites for hydroxylation is 1. The minimum Gasteiger partial charge on any atom is -0.383 e. The second-order valence-corrected chi connectivity index (χ2v) is 14.0. The molecule has 0 amide bonds. The number of hydrazine groups is 2. The van der Waals surface area contributed by atoms with Crippen LogP contribution in [0.3, 0.4) is 0 Å². The number of pyridine rings is 2. The van der Waals surface area contributed by atoms with Crippen molar-refractivity contribution in [1.82, 2.24) is 25.5 Å². The average Bonchev–Trinajstić information content (AvgIpc) is 3.93. The van der Waals surface area contributed by atoms with E-state index in [4.69, 9.17) is 11.6 Å². The average molecular weight is 609 g/mol. The highest BCUT2D eigenvalue weighted by Crippen LogP contribution is 2.57. The van der Waals surface area contributed by atoms with Crippen molar-refractivity contribution in [1.29, 1.82) is 5.26 Å². The molecule has 10 heteroatoms. The lowest BCUT2D eigenvalue weighted by molar-refractivity contribution is 0.156. The standard InChI is InChI=1S/C34H37ClN8O/c1-33(2,3)19-38-29-20(16-36)17-37-30-26(29)14-22(15-27(30)35)39-31(24-6-5-7-25-23(24)10-13-42(4)32(25)44)28-18-43(41-40-28)34(11-12-34)21-8-9-21/h5-7,10,13-15,17-18,21,31,39-41H,8-9,11-12,19H2,1-4H3,(H,37,38)/t31-/m0/s1. The van der Waals surface area contributed by atoms with Crippen LogP contribution in [0.5, 0.6) is 0 Å². The zero-order chi connectivity index (χ0) is 30.8. The molecule has 0 unspecified atom stereocenters. The summed E-state index contributed by atoms with van der Waals surface area (Å²) in [6.45, 7) is 7.11. The van der Waals surface area contributed by atoms with Crippen molar-refractivity contribution >= 4 is 44.7 Å². The molecule has 2 aliphatic carbocycles. The Balaban J connectivity index is 1.35. The number of rotatable bonds is 8. The number of fused-ring (bicyclic) bond motifs is 2. The maximum absolute atomic E-state index is 13.1. The van der Waals surface area contributed by atoms with Crippen LogP contribution in [0.1, 0.15) is 63.6 Å². The molecular formula is C34H37ClN8O. The fourth-order valence-electron chi connectivity index (χ4n) is 6.42. The van der Waals surface area contributed by atoms with Gasteiger partial charge in [-0.05, 0) is 72.2 Å². The molecule has 3 heterocycles. The highest BCUT2D eigenvalue weighted by atomic mass is 35.5. The summed E-state index contributed by atoms with van der Waals surface area (Å²) in [4.78, 5) is 17.6. The zero-order valence-corrected chi connectivity index (χ0v) is 26.2. The van der Waals surface area contributed by atoms with Crippen LogP contribution >= 0.6 is 11.6 Å². The van der Waals surface area contributed by atoms with E-state index >= 15 is 0 Å². The summed E-state index contributed by atoms with van der Waals surface area (Å²) in [6.07, 6.45) is 10.5. The Labute approximate surface area is 261 Å². The third-order valence-electron chi connectivity index (χ3n) is 9.10. The second-order valence-electron chi connectivity index (χ2n) is 13.6. The van der Waals surface area contributed by atoms with Crippen LogP contribution in [0, 0.1) is 22.7 Å². The fourth-order valence-corrected chi connectivity index (χ4v) is 6.69. The lowest BCUT2D eigenvalue weighted by Crippen LogP contribution is -2.46. The van der Waals surface area contributed by atoms with E-state index in [1.807, 2.05) is 36.5 Å². The van der Waals surface area contributed by atoms with Gasteiger partial charge in [0.15, 0.2) is 0 Å². The lowest BCUT2D eigenvalue weighted by atomic mass is 9.96. The normalized spacial score (nSPS) is 18.1. The summed E-state index contributed by atoms with van der Waals surface area (Å²) < 4.78 is 1.60. The first kappa shape index (κ1) is 28.5. The predicted octanol–water partition coefficient (Wildman–Crippen LogP) is 6.33. The zero-order valence-electron chi connectivity index (χ0n) is 25.5. The summed E-state index contributed by atoms with van der Waals surface area (Å²) >= 11 is 6.87. The number of hydrogen-bond donors (Lipinski definition) is 4. The first-order valence-electron chi connectivity index (χ1n) is 15.2.